The largest absolute Gasteiger partial charge is 0.456 e. The number of benzene rings is 6. The van der Waals surface area contributed by atoms with E-state index in [4.69, 9.17) is 9.40 Å². The molecule has 0 aliphatic carbocycles. The second-order valence-corrected chi connectivity index (χ2v) is 10.8. The Balaban J connectivity index is 1.45. The number of nitrogens with zero attached hydrogens (tertiary/aromatic N) is 2. The van der Waals surface area contributed by atoms with Crippen molar-refractivity contribution in [1.82, 2.24) is 9.38 Å². The Morgan fingerprint density at radius 2 is 1.30 bits per heavy atom. The van der Waals surface area contributed by atoms with Crippen LogP contribution >= 0.6 is 0 Å². The monoisotopic (exact) mass is 508 g/mol. The van der Waals surface area contributed by atoms with Gasteiger partial charge in [0, 0.05) is 37.7 Å². The molecule has 184 valence electrons. The average Bonchev–Trinajstić information content (AvgIpc) is 3.65. The molecule has 0 radical (unpaired) electrons. The van der Waals surface area contributed by atoms with Crippen molar-refractivity contribution >= 4 is 81.8 Å². The third-order valence-electron chi connectivity index (χ3n) is 8.65. The molecule has 0 saturated heterocycles. The van der Waals surface area contributed by atoms with Gasteiger partial charge in [-0.15, -0.1) is 0 Å². The SMILES string of the molecule is c1ccc2cc(-c3cc4c5cc6ccccc6nc5n5c6ccc7oc8ccccc8c7c6c(c3)c45)ccc2c1. The molecule has 3 heteroatoms. The smallest absolute Gasteiger partial charge is 0.146 e. The molecule has 40 heavy (non-hydrogen) atoms. The second kappa shape index (κ2) is 7.16. The Labute approximate surface area is 227 Å². The molecule has 0 fully saturated rings. The molecule has 0 aliphatic heterocycles. The highest BCUT2D eigenvalue weighted by atomic mass is 16.3. The number of aromatic nitrogens is 2. The summed E-state index contributed by atoms with van der Waals surface area (Å²) in [6.07, 6.45) is 0. The van der Waals surface area contributed by atoms with Crippen molar-refractivity contribution in [3.8, 4) is 11.1 Å². The Morgan fingerprint density at radius 3 is 2.25 bits per heavy atom. The summed E-state index contributed by atoms with van der Waals surface area (Å²) >= 11 is 0. The van der Waals surface area contributed by atoms with Crippen molar-refractivity contribution in [2.45, 2.75) is 0 Å². The Hall–Kier alpha value is -5.41. The first-order chi connectivity index (χ1) is 19.8. The van der Waals surface area contributed by atoms with Crippen LogP contribution in [-0.2, 0) is 0 Å². The number of para-hydroxylation sites is 2. The Kier molecular flexibility index (Phi) is 3.68. The van der Waals surface area contributed by atoms with Crippen LogP contribution in [0.2, 0.25) is 0 Å². The van der Waals surface area contributed by atoms with Crippen LogP contribution in [0.5, 0.6) is 0 Å². The number of furan rings is 1. The normalized spacial score (nSPS) is 12.5. The number of rotatable bonds is 1. The van der Waals surface area contributed by atoms with E-state index in [0.717, 1.165) is 38.6 Å². The molecule has 0 aliphatic rings. The minimum Gasteiger partial charge on any atom is -0.456 e. The topological polar surface area (TPSA) is 30.4 Å². The quantitative estimate of drug-likeness (QED) is 0.221. The molecular formula is C37H20N2O. The molecule has 10 rings (SSSR count). The maximum absolute atomic E-state index is 6.33. The van der Waals surface area contributed by atoms with Crippen molar-refractivity contribution in [3.05, 3.63) is 121 Å². The molecule has 0 bridgehead atoms. The number of pyridine rings is 1. The summed E-state index contributed by atoms with van der Waals surface area (Å²) in [5.41, 5.74) is 8.63. The molecular weight excluding hydrogens is 488 g/mol. The zero-order chi connectivity index (χ0) is 25.9. The van der Waals surface area contributed by atoms with Crippen molar-refractivity contribution in [2.75, 3.05) is 0 Å². The van der Waals surface area contributed by atoms with Crippen LogP contribution in [-0.4, -0.2) is 9.38 Å². The average molecular weight is 509 g/mol. The molecule has 0 saturated carbocycles. The molecule has 4 heterocycles. The van der Waals surface area contributed by atoms with Crippen LogP contribution in [0.25, 0.3) is 93.0 Å². The highest BCUT2D eigenvalue weighted by Gasteiger charge is 2.23. The van der Waals surface area contributed by atoms with Gasteiger partial charge in [-0.1, -0.05) is 72.8 Å². The summed E-state index contributed by atoms with van der Waals surface area (Å²) in [5.74, 6) is 0. The van der Waals surface area contributed by atoms with Gasteiger partial charge in [0.15, 0.2) is 0 Å². The lowest BCUT2D eigenvalue weighted by molar-refractivity contribution is 0.669. The van der Waals surface area contributed by atoms with Gasteiger partial charge in [0.1, 0.15) is 16.8 Å². The van der Waals surface area contributed by atoms with E-state index in [-0.39, 0.29) is 0 Å². The van der Waals surface area contributed by atoms with Crippen molar-refractivity contribution < 1.29 is 4.42 Å². The lowest BCUT2D eigenvalue weighted by atomic mass is 9.96. The summed E-state index contributed by atoms with van der Waals surface area (Å²) < 4.78 is 8.70. The van der Waals surface area contributed by atoms with Gasteiger partial charge < -0.3 is 4.42 Å². The maximum Gasteiger partial charge on any atom is 0.146 e. The van der Waals surface area contributed by atoms with Crippen molar-refractivity contribution in [1.29, 1.82) is 0 Å². The van der Waals surface area contributed by atoms with E-state index < -0.39 is 0 Å². The van der Waals surface area contributed by atoms with Crippen LogP contribution in [0.4, 0.5) is 0 Å². The summed E-state index contributed by atoms with van der Waals surface area (Å²) in [7, 11) is 0. The molecule has 0 amide bonds. The van der Waals surface area contributed by atoms with Gasteiger partial charge in [-0.05, 0) is 70.4 Å². The minimum absolute atomic E-state index is 0.915. The minimum atomic E-state index is 0.915. The third kappa shape index (κ3) is 2.52. The maximum atomic E-state index is 6.33. The lowest BCUT2D eigenvalue weighted by Crippen LogP contribution is -1.86. The molecule has 0 spiro atoms. The summed E-state index contributed by atoms with van der Waals surface area (Å²) in [6.45, 7) is 0. The van der Waals surface area contributed by atoms with Crippen LogP contribution in [0.3, 0.4) is 0 Å². The Morgan fingerprint density at radius 1 is 0.500 bits per heavy atom. The Bertz CT molecular complexity index is 2660. The number of hydrogen-bond acceptors (Lipinski definition) is 2. The van der Waals surface area contributed by atoms with Crippen LogP contribution < -0.4 is 0 Å². The predicted octanol–water partition coefficient (Wildman–Crippen LogP) is 10.1. The number of hydrogen-bond donors (Lipinski definition) is 0. The van der Waals surface area contributed by atoms with Gasteiger partial charge in [-0.2, -0.15) is 0 Å². The fourth-order valence-corrected chi connectivity index (χ4v) is 6.89. The van der Waals surface area contributed by atoms with E-state index in [0.29, 0.717) is 0 Å². The first kappa shape index (κ1) is 20.5. The zero-order valence-electron chi connectivity index (χ0n) is 21.3. The van der Waals surface area contributed by atoms with Crippen LogP contribution in [0, 0.1) is 0 Å². The fraction of sp³-hybridized carbons (Fsp3) is 0. The van der Waals surface area contributed by atoms with E-state index in [2.05, 4.69) is 120 Å². The molecule has 10 aromatic rings. The molecule has 6 aromatic carbocycles. The highest BCUT2D eigenvalue weighted by molar-refractivity contribution is 6.32. The summed E-state index contributed by atoms with van der Waals surface area (Å²) in [5, 5.41) is 10.8. The molecule has 0 unspecified atom stereocenters. The van der Waals surface area contributed by atoms with Crippen molar-refractivity contribution in [2.24, 2.45) is 0 Å². The first-order valence-corrected chi connectivity index (χ1v) is 13.6. The lowest BCUT2D eigenvalue weighted by Gasteiger charge is -2.07. The van der Waals surface area contributed by atoms with Gasteiger partial charge in [-0.3, -0.25) is 4.40 Å². The third-order valence-corrected chi connectivity index (χ3v) is 8.65. The summed E-state index contributed by atoms with van der Waals surface area (Å²) in [4.78, 5) is 5.23. The number of fused-ring (bicyclic) bond motifs is 12. The van der Waals surface area contributed by atoms with Gasteiger partial charge in [0.05, 0.1) is 16.6 Å². The van der Waals surface area contributed by atoms with Gasteiger partial charge in [-0.25, -0.2) is 4.98 Å². The van der Waals surface area contributed by atoms with Crippen molar-refractivity contribution in [3.63, 3.8) is 0 Å². The standard InChI is InChI=1S/C37H20N2O/c1-2-8-22-17-23(14-13-21(22)7-1)25-19-27-28-18-24-9-3-5-11-30(24)38-37(28)39-31-15-16-33-35(34(31)29(20-25)36(27)39)26-10-4-6-12-32(26)40-33/h1-20H. The second-order valence-electron chi connectivity index (χ2n) is 10.8. The van der Waals surface area contributed by atoms with E-state index in [1.54, 1.807) is 0 Å². The molecule has 0 N–H and O–H groups in total. The van der Waals surface area contributed by atoms with E-state index in [1.807, 2.05) is 6.07 Å². The molecule has 4 aromatic heterocycles. The van der Waals surface area contributed by atoms with Crippen LogP contribution in [0.15, 0.2) is 126 Å². The summed E-state index contributed by atoms with van der Waals surface area (Å²) in [6, 6.07) is 43.4. The van der Waals surface area contributed by atoms with E-state index in [9.17, 15) is 0 Å². The molecule has 0 atom stereocenters. The first-order valence-electron chi connectivity index (χ1n) is 13.6. The van der Waals surface area contributed by atoms with Crippen LogP contribution in [0.1, 0.15) is 0 Å². The van der Waals surface area contributed by atoms with E-state index >= 15 is 0 Å². The van der Waals surface area contributed by atoms with E-state index in [1.165, 1.54) is 54.3 Å². The highest BCUT2D eigenvalue weighted by Crippen LogP contribution is 2.46. The zero-order valence-corrected chi connectivity index (χ0v) is 21.3. The van der Waals surface area contributed by atoms with Gasteiger partial charge in [0.25, 0.3) is 0 Å². The van der Waals surface area contributed by atoms with Gasteiger partial charge >= 0.3 is 0 Å². The fourth-order valence-electron chi connectivity index (χ4n) is 6.89. The van der Waals surface area contributed by atoms with Gasteiger partial charge in [0.2, 0.25) is 0 Å². The molecule has 3 nitrogen and oxygen atoms in total. The predicted molar refractivity (Wildman–Crippen MR) is 167 cm³/mol.